The van der Waals surface area contributed by atoms with Crippen LogP contribution in [-0.4, -0.2) is 21.3 Å². The Morgan fingerprint density at radius 2 is 2.00 bits per heavy atom. The molecule has 0 saturated heterocycles. The molecule has 15 heavy (non-hydrogen) atoms. The van der Waals surface area contributed by atoms with E-state index in [1.807, 2.05) is 0 Å². The minimum atomic E-state index is -2.86. The summed E-state index contributed by atoms with van der Waals surface area (Å²) in [5.74, 6) is -1.39. The minimum Gasteiger partial charge on any atom is -0.478 e. The van der Waals surface area contributed by atoms with Crippen molar-refractivity contribution >= 4 is 5.97 Å². The number of nitrogens with one attached hydrogen (secondary N) is 1. The van der Waals surface area contributed by atoms with Crippen LogP contribution in [0.25, 0.3) is 0 Å². The smallest absolute Gasteiger partial charge is 0.339 e. The van der Waals surface area contributed by atoms with Crippen LogP contribution in [0.2, 0.25) is 0 Å². The number of nitrogens with zero attached hydrogens (tertiary/aromatic N) is 1. The molecule has 4 nitrogen and oxygen atoms in total. The summed E-state index contributed by atoms with van der Waals surface area (Å²) in [6, 6.07) is 0. The van der Waals surface area contributed by atoms with Gasteiger partial charge in [-0.1, -0.05) is 20.8 Å². The van der Waals surface area contributed by atoms with Gasteiger partial charge in [-0.25, -0.2) is 13.6 Å². The van der Waals surface area contributed by atoms with Gasteiger partial charge in [0.2, 0.25) is 0 Å². The second kappa shape index (κ2) is 3.60. The Bertz CT molecular complexity index is 380. The van der Waals surface area contributed by atoms with Crippen molar-refractivity contribution in [3.05, 3.63) is 17.0 Å². The van der Waals surface area contributed by atoms with Crippen LogP contribution in [0.4, 0.5) is 8.78 Å². The molecule has 6 heteroatoms. The van der Waals surface area contributed by atoms with Crippen LogP contribution in [0.3, 0.4) is 0 Å². The molecule has 0 saturated carbocycles. The van der Waals surface area contributed by atoms with Crippen LogP contribution >= 0.6 is 0 Å². The zero-order valence-corrected chi connectivity index (χ0v) is 8.64. The Morgan fingerprint density at radius 3 is 2.33 bits per heavy atom. The Kier molecular flexibility index (Phi) is 2.79. The quantitative estimate of drug-likeness (QED) is 0.800. The molecule has 0 radical (unpaired) electrons. The third kappa shape index (κ3) is 2.14. The van der Waals surface area contributed by atoms with E-state index in [4.69, 9.17) is 5.11 Å². The third-order valence-electron chi connectivity index (χ3n) is 1.94. The number of halogens is 2. The second-order valence-corrected chi connectivity index (χ2v) is 4.22. The maximum absolute atomic E-state index is 12.5. The Balaban J connectivity index is 3.37. The SMILES string of the molecule is CC(C)(C)c1n[nH]c(C(F)F)c1C(=O)O. The molecule has 0 amide bonds. The van der Waals surface area contributed by atoms with Gasteiger partial charge in [0.1, 0.15) is 11.3 Å². The van der Waals surface area contributed by atoms with E-state index in [9.17, 15) is 13.6 Å². The summed E-state index contributed by atoms with van der Waals surface area (Å²) in [6.45, 7) is 5.14. The fourth-order valence-corrected chi connectivity index (χ4v) is 1.27. The van der Waals surface area contributed by atoms with Crippen molar-refractivity contribution in [2.24, 2.45) is 0 Å². The number of hydrogen-bond donors (Lipinski definition) is 2. The van der Waals surface area contributed by atoms with Crippen molar-refractivity contribution in [2.45, 2.75) is 32.6 Å². The average Bonchev–Trinajstić information content (AvgIpc) is 2.45. The van der Waals surface area contributed by atoms with E-state index in [2.05, 4.69) is 10.2 Å². The first-order valence-corrected chi connectivity index (χ1v) is 4.35. The van der Waals surface area contributed by atoms with Gasteiger partial charge in [0.05, 0.1) is 5.69 Å². The van der Waals surface area contributed by atoms with E-state index < -0.39 is 29.1 Å². The standard InChI is InChI=1S/C9H12F2N2O2/c1-9(2,3)6-4(8(14)15)5(7(10)11)12-13-6/h7H,1-3H3,(H,12,13)(H,14,15). The molecule has 0 bridgehead atoms. The number of rotatable bonds is 2. The maximum atomic E-state index is 12.5. The van der Waals surface area contributed by atoms with Crippen molar-refractivity contribution < 1.29 is 18.7 Å². The lowest BCUT2D eigenvalue weighted by Gasteiger charge is -2.16. The third-order valence-corrected chi connectivity index (χ3v) is 1.94. The van der Waals surface area contributed by atoms with Gasteiger partial charge >= 0.3 is 5.97 Å². The first-order chi connectivity index (χ1) is 6.75. The molecule has 1 rings (SSSR count). The maximum Gasteiger partial charge on any atom is 0.339 e. The number of aromatic carboxylic acids is 1. The molecule has 0 aliphatic heterocycles. The molecule has 2 N–H and O–H groups in total. The molecule has 0 aliphatic rings. The van der Waals surface area contributed by atoms with Crippen LogP contribution in [-0.2, 0) is 5.41 Å². The minimum absolute atomic E-state index is 0.144. The molecule has 0 aliphatic carbocycles. The van der Waals surface area contributed by atoms with Crippen LogP contribution in [0.15, 0.2) is 0 Å². The summed E-state index contributed by atoms with van der Waals surface area (Å²) < 4.78 is 24.9. The summed E-state index contributed by atoms with van der Waals surface area (Å²) in [5, 5.41) is 14.6. The fraction of sp³-hybridized carbons (Fsp3) is 0.556. The largest absolute Gasteiger partial charge is 0.478 e. The van der Waals surface area contributed by atoms with E-state index in [0.29, 0.717) is 0 Å². The Morgan fingerprint density at radius 1 is 1.47 bits per heavy atom. The molecular formula is C9H12F2N2O2. The molecule has 0 spiro atoms. The highest BCUT2D eigenvalue weighted by Gasteiger charge is 2.31. The number of aromatic nitrogens is 2. The lowest BCUT2D eigenvalue weighted by molar-refractivity contribution is 0.0681. The first-order valence-electron chi connectivity index (χ1n) is 4.35. The monoisotopic (exact) mass is 218 g/mol. The number of hydrogen-bond acceptors (Lipinski definition) is 2. The zero-order valence-electron chi connectivity index (χ0n) is 8.64. The Hall–Kier alpha value is -1.46. The van der Waals surface area contributed by atoms with E-state index in [-0.39, 0.29) is 5.69 Å². The van der Waals surface area contributed by atoms with Crippen LogP contribution < -0.4 is 0 Å². The number of carboxylic acids is 1. The number of aromatic amines is 1. The summed E-state index contributed by atoms with van der Waals surface area (Å²) in [6.07, 6.45) is -2.86. The lowest BCUT2D eigenvalue weighted by Crippen LogP contribution is -2.17. The molecular weight excluding hydrogens is 206 g/mol. The molecule has 1 heterocycles. The van der Waals surface area contributed by atoms with E-state index >= 15 is 0 Å². The molecule has 1 aromatic rings. The number of H-pyrrole nitrogens is 1. The van der Waals surface area contributed by atoms with E-state index in [1.54, 1.807) is 20.8 Å². The highest BCUT2D eigenvalue weighted by atomic mass is 19.3. The van der Waals surface area contributed by atoms with Crippen LogP contribution in [0, 0.1) is 0 Å². The van der Waals surface area contributed by atoms with Crippen molar-refractivity contribution in [1.29, 1.82) is 0 Å². The van der Waals surface area contributed by atoms with Crippen molar-refractivity contribution in [3.63, 3.8) is 0 Å². The van der Waals surface area contributed by atoms with Crippen molar-refractivity contribution in [1.82, 2.24) is 10.2 Å². The van der Waals surface area contributed by atoms with E-state index in [1.165, 1.54) is 0 Å². The van der Waals surface area contributed by atoms with Crippen molar-refractivity contribution in [2.75, 3.05) is 0 Å². The van der Waals surface area contributed by atoms with E-state index in [0.717, 1.165) is 0 Å². The summed E-state index contributed by atoms with van der Waals surface area (Å²) >= 11 is 0. The normalized spacial score (nSPS) is 12.1. The Labute approximate surface area is 85.3 Å². The number of carbonyl (C=O) groups is 1. The second-order valence-electron chi connectivity index (χ2n) is 4.22. The van der Waals surface area contributed by atoms with Gasteiger partial charge in [-0.2, -0.15) is 5.10 Å². The highest BCUT2D eigenvalue weighted by Crippen LogP contribution is 2.30. The number of alkyl halides is 2. The van der Waals surface area contributed by atoms with Gasteiger partial charge < -0.3 is 5.11 Å². The predicted molar refractivity (Wildman–Crippen MR) is 49.2 cm³/mol. The average molecular weight is 218 g/mol. The van der Waals surface area contributed by atoms with Gasteiger partial charge in [-0.3, -0.25) is 5.10 Å². The van der Waals surface area contributed by atoms with Crippen molar-refractivity contribution in [3.8, 4) is 0 Å². The molecule has 84 valence electrons. The summed E-state index contributed by atoms with van der Waals surface area (Å²) in [4.78, 5) is 10.9. The highest BCUT2D eigenvalue weighted by molar-refractivity contribution is 5.90. The molecule has 0 unspecified atom stereocenters. The zero-order chi connectivity index (χ0) is 11.8. The van der Waals surface area contributed by atoms with Gasteiger partial charge in [0.15, 0.2) is 0 Å². The molecule has 0 fully saturated rings. The number of carboxylic acid groups (broad SMARTS) is 1. The first kappa shape index (κ1) is 11.6. The fourth-order valence-electron chi connectivity index (χ4n) is 1.27. The van der Waals surface area contributed by atoms with Gasteiger partial charge in [-0.05, 0) is 0 Å². The van der Waals surface area contributed by atoms with Crippen LogP contribution in [0.5, 0.6) is 0 Å². The van der Waals surface area contributed by atoms with Crippen LogP contribution in [0.1, 0.15) is 48.9 Å². The molecule has 0 aromatic carbocycles. The summed E-state index contributed by atoms with van der Waals surface area (Å²) in [7, 11) is 0. The predicted octanol–water partition coefficient (Wildman–Crippen LogP) is 2.34. The summed E-state index contributed by atoms with van der Waals surface area (Å²) in [5.41, 5.74) is -1.49. The van der Waals surface area contributed by atoms with Gasteiger partial charge in [0.25, 0.3) is 6.43 Å². The topological polar surface area (TPSA) is 66.0 Å². The lowest BCUT2D eigenvalue weighted by atomic mass is 9.89. The van der Waals surface area contributed by atoms with Gasteiger partial charge in [0, 0.05) is 5.41 Å². The molecule has 1 aromatic heterocycles. The van der Waals surface area contributed by atoms with Gasteiger partial charge in [-0.15, -0.1) is 0 Å². The molecule has 0 atom stereocenters.